The summed E-state index contributed by atoms with van der Waals surface area (Å²) in [6.07, 6.45) is -9.87. The van der Waals surface area contributed by atoms with Crippen LogP contribution >= 0.6 is 0 Å². The molecule has 1 aliphatic rings. The zero-order valence-electron chi connectivity index (χ0n) is 7.18. The molecule has 0 bridgehead atoms. The number of alkyl halides is 5. The largest absolute Gasteiger partial charge is 0.479 e. The van der Waals surface area contributed by atoms with Crippen molar-refractivity contribution in [2.45, 2.75) is 31.0 Å². The molecule has 0 aliphatic heterocycles. The average molecular weight is 234 g/mol. The van der Waals surface area contributed by atoms with Crippen LogP contribution in [0.5, 0.6) is 0 Å². The van der Waals surface area contributed by atoms with Crippen molar-refractivity contribution in [3.63, 3.8) is 0 Å². The highest BCUT2D eigenvalue weighted by Crippen LogP contribution is 2.64. The summed E-state index contributed by atoms with van der Waals surface area (Å²) in [4.78, 5) is 10.2. The normalized spacial score (nSPS) is 22.3. The quantitative estimate of drug-likeness (QED) is 0.726. The van der Waals surface area contributed by atoms with Gasteiger partial charge in [0.05, 0.1) is 5.41 Å². The number of aliphatic hydroxyl groups excluding tert-OH is 1. The summed E-state index contributed by atoms with van der Waals surface area (Å²) in [7, 11) is 0. The van der Waals surface area contributed by atoms with Crippen molar-refractivity contribution in [2.24, 2.45) is 5.41 Å². The third kappa shape index (κ3) is 1.56. The molecule has 88 valence electrons. The average Bonchev–Trinajstić information content (AvgIpc) is 2.80. The van der Waals surface area contributed by atoms with Crippen molar-refractivity contribution in [3.05, 3.63) is 0 Å². The maximum Gasteiger partial charge on any atom is 0.453 e. The Morgan fingerprint density at radius 3 is 1.80 bits per heavy atom. The minimum absolute atomic E-state index is 0.660. The molecule has 1 unspecified atom stereocenters. The maximum absolute atomic E-state index is 12.8. The smallest absolute Gasteiger partial charge is 0.453 e. The van der Waals surface area contributed by atoms with Gasteiger partial charge in [-0.25, -0.2) is 4.79 Å². The first kappa shape index (κ1) is 12.2. The topological polar surface area (TPSA) is 57.5 Å². The van der Waals surface area contributed by atoms with Crippen LogP contribution < -0.4 is 0 Å². The number of aliphatic hydroxyl groups is 1. The van der Waals surface area contributed by atoms with Gasteiger partial charge in [0.2, 0.25) is 0 Å². The van der Waals surface area contributed by atoms with Gasteiger partial charge in [-0.15, -0.1) is 0 Å². The Kier molecular flexibility index (Phi) is 2.46. The van der Waals surface area contributed by atoms with Crippen molar-refractivity contribution in [1.29, 1.82) is 0 Å². The number of carboxylic acid groups (broad SMARTS) is 1. The van der Waals surface area contributed by atoms with Crippen LogP contribution in [0.2, 0.25) is 0 Å². The Morgan fingerprint density at radius 2 is 1.60 bits per heavy atom. The summed E-state index contributed by atoms with van der Waals surface area (Å²) in [6, 6.07) is 0. The van der Waals surface area contributed by atoms with Gasteiger partial charge in [-0.3, -0.25) is 0 Å². The van der Waals surface area contributed by atoms with Gasteiger partial charge in [0.25, 0.3) is 0 Å². The molecule has 1 rings (SSSR count). The maximum atomic E-state index is 12.8. The molecule has 0 aromatic carbocycles. The van der Waals surface area contributed by atoms with Crippen LogP contribution in [-0.2, 0) is 4.79 Å². The fraction of sp³-hybridized carbons (Fsp3) is 0.857. The lowest BCUT2D eigenvalue weighted by atomic mass is 9.90. The molecule has 8 heteroatoms. The van der Waals surface area contributed by atoms with E-state index in [-0.39, 0.29) is 0 Å². The number of hydrogen-bond acceptors (Lipinski definition) is 2. The SMILES string of the molecule is O=C(O)C(O)C1(C(F)(F)C(F)(F)F)CC1. The minimum atomic E-state index is -5.85. The molecule has 0 amide bonds. The Balaban J connectivity index is 3.02. The summed E-state index contributed by atoms with van der Waals surface area (Å²) in [5, 5.41) is 17.1. The second-order valence-electron chi connectivity index (χ2n) is 3.47. The van der Waals surface area contributed by atoms with Gasteiger partial charge >= 0.3 is 18.1 Å². The molecule has 0 saturated heterocycles. The molecule has 3 nitrogen and oxygen atoms in total. The van der Waals surface area contributed by atoms with Gasteiger partial charge in [0.15, 0.2) is 6.10 Å². The van der Waals surface area contributed by atoms with Crippen molar-refractivity contribution < 1.29 is 37.0 Å². The standard InChI is InChI=1S/C7H7F5O3/c8-6(9,7(10,11)12)5(1-2-5)3(13)4(14)15/h3,13H,1-2H2,(H,14,15). The molecule has 15 heavy (non-hydrogen) atoms. The molecule has 1 aliphatic carbocycles. The molecule has 1 fully saturated rings. The van der Waals surface area contributed by atoms with Crippen LogP contribution in [0.1, 0.15) is 12.8 Å². The molecular weight excluding hydrogens is 227 g/mol. The summed E-state index contributed by atoms with van der Waals surface area (Å²) in [5.41, 5.74) is -2.89. The van der Waals surface area contributed by atoms with E-state index in [0.717, 1.165) is 0 Å². The van der Waals surface area contributed by atoms with Crippen molar-refractivity contribution in [2.75, 3.05) is 0 Å². The fourth-order valence-corrected chi connectivity index (χ4v) is 1.41. The highest BCUT2D eigenvalue weighted by Gasteiger charge is 2.78. The van der Waals surface area contributed by atoms with Gasteiger partial charge in [-0.05, 0) is 12.8 Å². The molecule has 0 aromatic rings. The summed E-state index contributed by atoms with van der Waals surface area (Å²) >= 11 is 0. The number of halogens is 5. The number of aliphatic carboxylic acids is 1. The second-order valence-corrected chi connectivity index (χ2v) is 3.47. The van der Waals surface area contributed by atoms with Crippen LogP contribution in [-0.4, -0.2) is 34.4 Å². The van der Waals surface area contributed by atoms with Gasteiger partial charge < -0.3 is 10.2 Å². The number of carboxylic acids is 1. The van der Waals surface area contributed by atoms with Crippen LogP contribution in [0.25, 0.3) is 0 Å². The molecule has 0 heterocycles. The van der Waals surface area contributed by atoms with E-state index in [0.29, 0.717) is 0 Å². The number of carbonyl (C=O) groups is 1. The van der Waals surface area contributed by atoms with Gasteiger partial charge in [-0.2, -0.15) is 22.0 Å². The van der Waals surface area contributed by atoms with E-state index in [4.69, 9.17) is 10.2 Å². The lowest BCUT2D eigenvalue weighted by Gasteiger charge is -2.30. The lowest BCUT2D eigenvalue weighted by molar-refractivity contribution is -0.318. The third-order valence-corrected chi connectivity index (χ3v) is 2.53. The monoisotopic (exact) mass is 234 g/mol. The van der Waals surface area contributed by atoms with E-state index in [9.17, 15) is 26.7 Å². The van der Waals surface area contributed by atoms with E-state index in [2.05, 4.69) is 0 Å². The molecule has 1 atom stereocenters. The second kappa shape index (κ2) is 3.03. The highest BCUT2D eigenvalue weighted by molar-refractivity contribution is 5.74. The zero-order chi connectivity index (χ0) is 12.1. The predicted molar refractivity (Wildman–Crippen MR) is 36.3 cm³/mol. The minimum Gasteiger partial charge on any atom is -0.479 e. The van der Waals surface area contributed by atoms with E-state index in [1.807, 2.05) is 0 Å². The first-order valence-corrected chi connectivity index (χ1v) is 3.92. The molecule has 0 spiro atoms. The van der Waals surface area contributed by atoms with Crippen molar-refractivity contribution >= 4 is 5.97 Å². The molecular formula is C7H7F5O3. The third-order valence-electron chi connectivity index (χ3n) is 2.53. The van der Waals surface area contributed by atoms with E-state index in [1.54, 1.807) is 0 Å². The van der Waals surface area contributed by atoms with Crippen molar-refractivity contribution in [3.8, 4) is 0 Å². The Hall–Kier alpha value is -0.920. The highest BCUT2D eigenvalue weighted by atomic mass is 19.4. The van der Waals surface area contributed by atoms with E-state index < -0.39 is 42.4 Å². The van der Waals surface area contributed by atoms with Gasteiger partial charge in [0, 0.05) is 0 Å². The van der Waals surface area contributed by atoms with Crippen molar-refractivity contribution in [1.82, 2.24) is 0 Å². The number of rotatable bonds is 3. The summed E-state index contributed by atoms with van der Waals surface area (Å²) in [6.45, 7) is 0. The predicted octanol–water partition coefficient (Wildman–Crippen LogP) is 1.41. The van der Waals surface area contributed by atoms with Crippen LogP contribution in [0, 0.1) is 5.41 Å². The Labute approximate surface area is 80.5 Å². The zero-order valence-corrected chi connectivity index (χ0v) is 7.18. The number of hydrogen-bond donors (Lipinski definition) is 2. The first-order valence-electron chi connectivity index (χ1n) is 3.92. The van der Waals surface area contributed by atoms with E-state index >= 15 is 0 Å². The fourth-order valence-electron chi connectivity index (χ4n) is 1.41. The van der Waals surface area contributed by atoms with Gasteiger partial charge in [0.1, 0.15) is 0 Å². The Bertz CT molecular complexity index is 281. The van der Waals surface area contributed by atoms with E-state index in [1.165, 1.54) is 0 Å². The molecule has 2 N–H and O–H groups in total. The van der Waals surface area contributed by atoms with Crippen LogP contribution in [0.3, 0.4) is 0 Å². The molecule has 1 saturated carbocycles. The van der Waals surface area contributed by atoms with Crippen LogP contribution in [0.4, 0.5) is 22.0 Å². The Morgan fingerprint density at radius 1 is 1.20 bits per heavy atom. The van der Waals surface area contributed by atoms with Crippen LogP contribution in [0.15, 0.2) is 0 Å². The molecule has 0 radical (unpaired) electrons. The summed E-state index contributed by atoms with van der Waals surface area (Å²) in [5.74, 6) is -7.26. The summed E-state index contributed by atoms with van der Waals surface area (Å²) < 4.78 is 61.5. The molecule has 0 aromatic heterocycles. The lowest BCUT2D eigenvalue weighted by Crippen LogP contribution is -2.52. The van der Waals surface area contributed by atoms with Gasteiger partial charge in [-0.1, -0.05) is 0 Å². The first-order chi connectivity index (χ1) is 6.56.